The molecule has 0 radical (unpaired) electrons. The van der Waals surface area contributed by atoms with Gasteiger partial charge in [-0.15, -0.1) is 0 Å². The minimum atomic E-state index is -3.69. The standard InChI is InChI=1S/C20H26N2O4S/c1-4-25-19-7-5-6-8-20(19)27(23,24)21-14-17(22(2)3)15-9-10-18-16(13-15)11-12-26-18/h5-10,13,17,21H,4,11-12,14H2,1-3H3. The third-order valence-electron chi connectivity index (χ3n) is 4.63. The quantitative estimate of drug-likeness (QED) is 0.750. The molecule has 1 aliphatic rings. The first-order chi connectivity index (χ1) is 12.9. The van der Waals surface area contributed by atoms with Gasteiger partial charge in [0.1, 0.15) is 16.4 Å². The molecule has 0 saturated heterocycles. The molecule has 146 valence electrons. The fraction of sp³-hybridized carbons (Fsp3) is 0.400. The molecule has 3 rings (SSSR count). The maximum atomic E-state index is 12.8. The zero-order valence-electron chi connectivity index (χ0n) is 15.9. The first-order valence-electron chi connectivity index (χ1n) is 9.06. The van der Waals surface area contributed by atoms with Crippen LogP contribution in [0.4, 0.5) is 0 Å². The van der Waals surface area contributed by atoms with Crippen molar-refractivity contribution >= 4 is 10.0 Å². The summed E-state index contributed by atoms with van der Waals surface area (Å²) in [5.41, 5.74) is 2.23. The molecule has 0 aliphatic carbocycles. The Morgan fingerprint density at radius 2 is 2.00 bits per heavy atom. The van der Waals surface area contributed by atoms with Crippen LogP contribution in [0.3, 0.4) is 0 Å². The zero-order valence-corrected chi connectivity index (χ0v) is 16.8. The van der Waals surface area contributed by atoms with Crippen LogP contribution in [0.15, 0.2) is 47.4 Å². The second-order valence-electron chi connectivity index (χ2n) is 6.68. The number of ether oxygens (including phenoxy) is 2. The number of rotatable bonds is 8. The van der Waals surface area contributed by atoms with E-state index in [2.05, 4.69) is 10.8 Å². The Balaban J connectivity index is 1.80. The minimum absolute atomic E-state index is 0.0927. The summed E-state index contributed by atoms with van der Waals surface area (Å²) >= 11 is 0. The van der Waals surface area contributed by atoms with Crippen LogP contribution in [-0.4, -0.2) is 47.2 Å². The fourth-order valence-electron chi connectivity index (χ4n) is 3.23. The summed E-state index contributed by atoms with van der Waals surface area (Å²) in [4.78, 5) is 2.17. The number of hydrogen-bond acceptors (Lipinski definition) is 5. The summed E-state index contributed by atoms with van der Waals surface area (Å²) in [5, 5.41) is 0. The van der Waals surface area contributed by atoms with Crippen LogP contribution < -0.4 is 14.2 Å². The molecule has 1 heterocycles. The van der Waals surface area contributed by atoms with Gasteiger partial charge >= 0.3 is 0 Å². The van der Waals surface area contributed by atoms with Crippen molar-refractivity contribution in [3.63, 3.8) is 0 Å². The second-order valence-corrected chi connectivity index (χ2v) is 8.41. The highest BCUT2D eigenvalue weighted by Gasteiger charge is 2.23. The number of sulfonamides is 1. The molecule has 0 aromatic heterocycles. The first-order valence-corrected chi connectivity index (χ1v) is 10.5. The van der Waals surface area contributed by atoms with Crippen LogP contribution >= 0.6 is 0 Å². The topological polar surface area (TPSA) is 67.9 Å². The molecule has 1 atom stereocenters. The highest BCUT2D eigenvalue weighted by Crippen LogP contribution is 2.30. The molecule has 0 bridgehead atoms. The Kier molecular flexibility index (Phi) is 6.04. The number of hydrogen-bond donors (Lipinski definition) is 1. The van der Waals surface area contributed by atoms with Crippen molar-refractivity contribution < 1.29 is 17.9 Å². The number of nitrogens with zero attached hydrogens (tertiary/aromatic N) is 1. The molecular formula is C20H26N2O4S. The van der Waals surface area contributed by atoms with Crippen molar-refractivity contribution in [2.75, 3.05) is 33.9 Å². The lowest BCUT2D eigenvalue weighted by molar-refractivity contribution is 0.299. The summed E-state index contributed by atoms with van der Waals surface area (Å²) in [7, 11) is 0.195. The van der Waals surface area contributed by atoms with Crippen LogP contribution in [-0.2, 0) is 16.4 Å². The molecule has 2 aromatic carbocycles. The lowest BCUT2D eigenvalue weighted by Crippen LogP contribution is -2.34. The van der Waals surface area contributed by atoms with Crippen molar-refractivity contribution in [2.45, 2.75) is 24.3 Å². The van der Waals surface area contributed by atoms with Gasteiger partial charge in [-0.05, 0) is 50.3 Å². The molecular weight excluding hydrogens is 364 g/mol. The second kappa shape index (κ2) is 8.29. The predicted molar refractivity (Wildman–Crippen MR) is 105 cm³/mol. The molecule has 0 fully saturated rings. The van der Waals surface area contributed by atoms with E-state index in [1.165, 1.54) is 5.56 Å². The maximum absolute atomic E-state index is 12.8. The van der Waals surface area contributed by atoms with Gasteiger partial charge in [0.05, 0.1) is 13.2 Å². The molecule has 0 amide bonds. The molecule has 1 aliphatic heterocycles. The van der Waals surface area contributed by atoms with Crippen molar-refractivity contribution in [1.82, 2.24) is 9.62 Å². The third kappa shape index (κ3) is 4.43. The summed E-state index contributed by atoms with van der Waals surface area (Å²) < 4.78 is 39.5. The van der Waals surface area contributed by atoms with Gasteiger partial charge in [-0.1, -0.05) is 24.3 Å². The Labute approximate surface area is 161 Å². The number of likely N-dealkylation sites (N-methyl/N-ethyl adjacent to an activating group) is 1. The molecule has 7 heteroatoms. The highest BCUT2D eigenvalue weighted by molar-refractivity contribution is 7.89. The van der Waals surface area contributed by atoms with Gasteiger partial charge < -0.3 is 14.4 Å². The van der Waals surface area contributed by atoms with E-state index in [9.17, 15) is 8.42 Å². The van der Waals surface area contributed by atoms with Crippen LogP contribution in [0, 0.1) is 0 Å². The van der Waals surface area contributed by atoms with Gasteiger partial charge in [0.15, 0.2) is 0 Å². The van der Waals surface area contributed by atoms with Crippen molar-refractivity contribution in [2.24, 2.45) is 0 Å². The molecule has 2 aromatic rings. The monoisotopic (exact) mass is 390 g/mol. The maximum Gasteiger partial charge on any atom is 0.244 e. The molecule has 1 unspecified atom stereocenters. The van der Waals surface area contributed by atoms with E-state index >= 15 is 0 Å². The average molecular weight is 391 g/mol. The Morgan fingerprint density at radius 3 is 2.74 bits per heavy atom. The molecule has 0 saturated carbocycles. The van der Waals surface area contributed by atoms with Gasteiger partial charge in [0.2, 0.25) is 10.0 Å². The van der Waals surface area contributed by atoms with Gasteiger partial charge in [0.25, 0.3) is 0 Å². The van der Waals surface area contributed by atoms with Gasteiger partial charge in [-0.25, -0.2) is 13.1 Å². The van der Waals surface area contributed by atoms with E-state index in [-0.39, 0.29) is 17.5 Å². The minimum Gasteiger partial charge on any atom is -0.493 e. The van der Waals surface area contributed by atoms with Crippen LogP contribution in [0.1, 0.15) is 24.1 Å². The van der Waals surface area contributed by atoms with E-state index in [0.29, 0.717) is 19.0 Å². The normalized spacial score (nSPS) is 14.7. The van der Waals surface area contributed by atoms with Crippen LogP contribution in [0.2, 0.25) is 0 Å². The lowest BCUT2D eigenvalue weighted by Gasteiger charge is -2.25. The average Bonchev–Trinajstić information content (AvgIpc) is 3.10. The summed E-state index contributed by atoms with van der Waals surface area (Å²) in [6, 6.07) is 12.7. The van der Waals surface area contributed by atoms with E-state index in [4.69, 9.17) is 9.47 Å². The van der Waals surface area contributed by atoms with Gasteiger partial charge in [-0.3, -0.25) is 0 Å². The Bertz CT molecular complexity index is 897. The van der Waals surface area contributed by atoms with Crippen LogP contribution in [0.5, 0.6) is 11.5 Å². The van der Waals surface area contributed by atoms with Gasteiger partial charge in [0, 0.05) is 19.0 Å². The SMILES string of the molecule is CCOc1ccccc1S(=O)(=O)NCC(c1ccc2c(c1)CCO2)N(C)C. The molecule has 27 heavy (non-hydrogen) atoms. The molecule has 1 N–H and O–H groups in total. The number of para-hydroxylation sites is 1. The summed E-state index contributed by atoms with van der Waals surface area (Å²) in [5.74, 6) is 1.28. The zero-order chi connectivity index (χ0) is 19.4. The molecule has 0 spiro atoms. The van der Waals surface area contributed by atoms with E-state index in [1.54, 1.807) is 24.3 Å². The fourth-order valence-corrected chi connectivity index (χ4v) is 4.41. The van der Waals surface area contributed by atoms with E-state index in [1.807, 2.05) is 38.1 Å². The van der Waals surface area contributed by atoms with Crippen molar-refractivity contribution in [1.29, 1.82) is 0 Å². The van der Waals surface area contributed by atoms with Crippen LogP contribution in [0.25, 0.3) is 0 Å². The first kappa shape index (κ1) is 19.7. The van der Waals surface area contributed by atoms with E-state index < -0.39 is 10.0 Å². The number of fused-ring (bicyclic) bond motifs is 1. The van der Waals surface area contributed by atoms with E-state index in [0.717, 1.165) is 17.7 Å². The largest absolute Gasteiger partial charge is 0.493 e. The highest BCUT2D eigenvalue weighted by atomic mass is 32.2. The summed E-state index contributed by atoms with van der Waals surface area (Å²) in [6.07, 6.45) is 0.886. The lowest BCUT2D eigenvalue weighted by atomic mass is 10.0. The Morgan fingerprint density at radius 1 is 1.22 bits per heavy atom. The summed E-state index contributed by atoms with van der Waals surface area (Å²) in [6.45, 7) is 3.20. The third-order valence-corrected chi connectivity index (χ3v) is 6.09. The van der Waals surface area contributed by atoms with Gasteiger partial charge in [-0.2, -0.15) is 0 Å². The number of nitrogens with one attached hydrogen (secondary N) is 1. The molecule has 6 nitrogen and oxygen atoms in total. The van der Waals surface area contributed by atoms with Crippen molar-refractivity contribution in [3.05, 3.63) is 53.6 Å². The van der Waals surface area contributed by atoms with Crippen molar-refractivity contribution in [3.8, 4) is 11.5 Å². The number of benzene rings is 2. The predicted octanol–water partition coefficient (Wildman–Crippen LogP) is 2.60. The smallest absolute Gasteiger partial charge is 0.244 e. The Hall–Kier alpha value is -2.09.